The highest BCUT2D eigenvalue weighted by Crippen LogP contribution is 2.37. The number of rotatable bonds is 6. The Labute approximate surface area is 197 Å². The van der Waals surface area contributed by atoms with E-state index in [2.05, 4.69) is 25.1 Å². The fourth-order valence-corrected chi connectivity index (χ4v) is 3.97. The third kappa shape index (κ3) is 4.29. The SMILES string of the molecule is Cc1ccn([C@H](c2cc(F)ccc2Cl)[C@@H](C)c2nc(C(=O)Nc3cnoc3)c(O)c(=O)n2C)n1. The van der Waals surface area contributed by atoms with E-state index < -0.39 is 40.7 Å². The average Bonchev–Trinajstić information content (AvgIpc) is 3.46. The van der Waals surface area contributed by atoms with Crippen LogP contribution in [-0.4, -0.2) is 35.5 Å². The number of hydrogen-bond acceptors (Lipinski definition) is 7. The van der Waals surface area contributed by atoms with E-state index in [4.69, 9.17) is 11.6 Å². The summed E-state index contributed by atoms with van der Waals surface area (Å²) in [6.07, 6.45) is 4.14. The largest absolute Gasteiger partial charge is 0.501 e. The summed E-state index contributed by atoms with van der Waals surface area (Å²) in [5.74, 6) is -2.64. The number of nitrogens with one attached hydrogen (secondary N) is 1. The highest BCUT2D eigenvalue weighted by Gasteiger charge is 2.31. The summed E-state index contributed by atoms with van der Waals surface area (Å²) in [6.45, 7) is 3.54. The van der Waals surface area contributed by atoms with E-state index in [1.54, 1.807) is 30.8 Å². The maximum atomic E-state index is 14.2. The Morgan fingerprint density at radius 3 is 2.74 bits per heavy atom. The van der Waals surface area contributed by atoms with Gasteiger partial charge < -0.3 is 14.9 Å². The van der Waals surface area contributed by atoms with Gasteiger partial charge >= 0.3 is 0 Å². The Morgan fingerprint density at radius 1 is 1.32 bits per heavy atom. The number of halogens is 2. The monoisotopic (exact) mass is 486 g/mol. The summed E-state index contributed by atoms with van der Waals surface area (Å²) in [6, 6.07) is 5.05. The van der Waals surface area contributed by atoms with Gasteiger partial charge in [-0.05, 0) is 36.8 Å². The second kappa shape index (κ2) is 9.10. The van der Waals surface area contributed by atoms with E-state index in [0.29, 0.717) is 16.3 Å². The lowest BCUT2D eigenvalue weighted by Gasteiger charge is -2.27. The molecule has 0 aliphatic heterocycles. The van der Waals surface area contributed by atoms with Crippen LogP contribution in [0, 0.1) is 12.7 Å². The van der Waals surface area contributed by atoms with Crippen LogP contribution in [0.3, 0.4) is 0 Å². The minimum Gasteiger partial charge on any atom is -0.501 e. The van der Waals surface area contributed by atoms with E-state index in [1.165, 1.54) is 37.7 Å². The van der Waals surface area contributed by atoms with Crippen molar-refractivity contribution in [2.45, 2.75) is 25.8 Å². The number of carbonyl (C=O) groups is 1. The van der Waals surface area contributed by atoms with Gasteiger partial charge in [-0.2, -0.15) is 5.10 Å². The maximum absolute atomic E-state index is 14.2. The van der Waals surface area contributed by atoms with Crippen molar-refractivity contribution in [3.05, 3.63) is 86.9 Å². The molecule has 3 heterocycles. The van der Waals surface area contributed by atoms with E-state index in [0.717, 1.165) is 4.57 Å². The minimum absolute atomic E-state index is 0.150. The molecule has 0 unspecified atom stereocenters. The van der Waals surface area contributed by atoms with Crippen LogP contribution < -0.4 is 10.9 Å². The maximum Gasteiger partial charge on any atom is 0.296 e. The van der Waals surface area contributed by atoms with Gasteiger partial charge in [-0.3, -0.25) is 18.8 Å². The van der Waals surface area contributed by atoms with Crippen molar-refractivity contribution in [1.82, 2.24) is 24.5 Å². The number of benzene rings is 1. The molecular formula is C22H20ClFN6O4. The third-order valence-electron chi connectivity index (χ3n) is 5.39. The Kier molecular flexibility index (Phi) is 6.20. The normalized spacial score (nSPS) is 13.0. The summed E-state index contributed by atoms with van der Waals surface area (Å²) in [5, 5.41) is 21.0. The molecule has 4 aromatic rings. The zero-order chi connectivity index (χ0) is 24.6. The highest BCUT2D eigenvalue weighted by atomic mass is 35.5. The lowest BCUT2D eigenvalue weighted by atomic mass is 9.93. The quantitative estimate of drug-likeness (QED) is 0.427. The van der Waals surface area contributed by atoms with Crippen LogP contribution in [0.5, 0.6) is 5.75 Å². The van der Waals surface area contributed by atoms with Gasteiger partial charge in [-0.25, -0.2) is 9.37 Å². The molecule has 4 rings (SSSR count). The average molecular weight is 487 g/mol. The fourth-order valence-electron chi connectivity index (χ4n) is 3.74. The van der Waals surface area contributed by atoms with Crippen molar-refractivity contribution in [2.75, 3.05) is 5.32 Å². The lowest BCUT2D eigenvalue weighted by Crippen LogP contribution is -2.30. The zero-order valence-electron chi connectivity index (χ0n) is 18.4. The van der Waals surface area contributed by atoms with Crippen molar-refractivity contribution >= 4 is 23.2 Å². The van der Waals surface area contributed by atoms with Crippen LogP contribution in [0.1, 0.15) is 46.5 Å². The van der Waals surface area contributed by atoms with Crippen molar-refractivity contribution < 1.29 is 18.8 Å². The first-order chi connectivity index (χ1) is 16.2. The number of amides is 1. The highest BCUT2D eigenvalue weighted by molar-refractivity contribution is 6.31. The molecule has 0 aliphatic rings. The Bertz CT molecular complexity index is 1420. The summed E-state index contributed by atoms with van der Waals surface area (Å²) >= 11 is 6.42. The van der Waals surface area contributed by atoms with Crippen LogP contribution in [-0.2, 0) is 7.05 Å². The third-order valence-corrected chi connectivity index (χ3v) is 5.74. The molecule has 0 fully saturated rings. The number of hydrogen-bond donors (Lipinski definition) is 2. The summed E-state index contributed by atoms with van der Waals surface area (Å²) < 4.78 is 21.6. The first-order valence-corrected chi connectivity index (χ1v) is 10.5. The minimum atomic E-state index is -0.831. The Hall–Kier alpha value is -3.99. The van der Waals surface area contributed by atoms with E-state index in [-0.39, 0.29) is 11.5 Å². The molecule has 3 aromatic heterocycles. The summed E-state index contributed by atoms with van der Waals surface area (Å²) in [4.78, 5) is 29.9. The smallest absolute Gasteiger partial charge is 0.296 e. The molecular weight excluding hydrogens is 467 g/mol. The molecule has 2 atom stereocenters. The predicted octanol–water partition coefficient (Wildman–Crippen LogP) is 3.42. The van der Waals surface area contributed by atoms with Crippen LogP contribution in [0.25, 0.3) is 0 Å². The van der Waals surface area contributed by atoms with Crippen molar-refractivity contribution in [1.29, 1.82) is 0 Å². The topological polar surface area (TPSA) is 128 Å². The van der Waals surface area contributed by atoms with Gasteiger partial charge in [0.15, 0.2) is 5.69 Å². The van der Waals surface area contributed by atoms with Crippen molar-refractivity contribution in [3.8, 4) is 5.75 Å². The van der Waals surface area contributed by atoms with Crippen molar-refractivity contribution in [2.24, 2.45) is 7.05 Å². The van der Waals surface area contributed by atoms with Crippen LogP contribution >= 0.6 is 11.6 Å². The molecule has 34 heavy (non-hydrogen) atoms. The summed E-state index contributed by atoms with van der Waals surface area (Å²) in [7, 11) is 1.42. The molecule has 176 valence electrons. The molecule has 12 heteroatoms. The summed E-state index contributed by atoms with van der Waals surface area (Å²) in [5.41, 5.74) is 0.0407. The van der Waals surface area contributed by atoms with E-state index >= 15 is 0 Å². The first-order valence-electron chi connectivity index (χ1n) is 10.1. The predicted molar refractivity (Wildman–Crippen MR) is 121 cm³/mol. The van der Waals surface area contributed by atoms with Crippen LogP contribution in [0.4, 0.5) is 10.1 Å². The number of anilines is 1. The second-order valence-corrected chi connectivity index (χ2v) is 8.14. The number of aromatic nitrogens is 5. The number of aromatic hydroxyl groups is 1. The standard InChI is InChI=1S/C22H20ClFN6O4/c1-11-6-7-30(28-11)18(15-8-13(24)4-5-16(15)23)12(2)20-27-17(19(31)22(33)29(20)3)21(32)26-14-9-25-34-10-14/h4-10,12,18,31H,1-3H3,(H,26,32)/t12-,18+/m1/s1. The molecule has 1 amide bonds. The number of aryl methyl sites for hydroxylation is 1. The van der Waals surface area contributed by atoms with Gasteiger partial charge in [0.2, 0.25) is 5.75 Å². The van der Waals surface area contributed by atoms with Gasteiger partial charge in [0.25, 0.3) is 11.5 Å². The van der Waals surface area contributed by atoms with Gasteiger partial charge in [0.1, 0.15) is 23.6 Å². The molecule has 2 N–H and O–H groups in total. The molecule has 0 saturated heterocycles. The zero-order valence-corrected chi connectivity index (χ0v) is 19.1. The molecule has 0 bridgehead atoms. The second-order valence-electron chi connectivity index (χ2n) is 7.74. The molecule has 0 aliphatic carbocycles. The molecule has 10 nitrogen and oxygen atoms in total. The van der Waals surface area contributed by atoms with Gasteiger partial charge in [0, 0.05) is 24.2 Å². The van der Waals surface area contributed by atoms with Crippen LogP contribution in [0.2, 0.25) is 5.02 Å². The molecule has 1 aromatic carbocycles. The molecule has 0 radical (unpaired) electrons. The Morgan fingerprint density at radius 2 is 2.09 bits per heavy atom. The van der Waals surface area contributed by atoms with E-state index in [1.807, 2.05) is 0 Å². The Balaban J connectivity index is 1.85. The molecule has 0 spiro atoms. The number of nitrogens with zero attached hydrogens (tertiary/aromatic N) is 5. The van der Waals surface area contributed by atoms with Crippen LogP contribution in [0.15, 0.2) is 52.2 Å². The van der Waals surface area contributed by atoms with E-state index in [9.17, 15) is 19.1 Å². The van der Waals surface area contributed by atoms with Gasteiger partial charge in [0.05, 0.1) is 17.9 Å². The van der Waals surface area contributed by atoms with Crippen molar-refractivity contribution in [3.63, 3.8) is 0 Å². The van der Waals surface area contributed by atoms with Gasteiger partial charge in [-0.15, -0.1) is 0 Å². The molecule has 0 saturated carbocycles. The first kappa shape index (κ1) is 23.2. The lowest BCUT2D eigenvalue weighted by molar-refractivity contribution is 0.101. The fraction of sp³-hybridized carbons (Fsp3) is 0.227. The number of carbonyl (C=O) groups excluding carboxylic acids is 1. The van der Waals surface area contributed by atoms with Gasteiger partial charge in [-0.1, -0.05) is 23.7 Å².